The number of aliphatic hydroxyl groups is 1. The fraction of sp³-hybridized carbons (Fsp3) is 0.636. The molecule has 1 heterocycles. The van der Waals surface area contributed by atoms with Gasteiger partial charge in [-0.25, -0.2) is 0 Å². The number of rotatable bonds is 7. The van der Waals surface area contributed by atoms with Crippen LogP contribution in [-0.4, -0.2) is 24.3 Å². The Hall–Kier alpha value is -0.420. The number of aliphatic hydroxyl groups excluding tert-OH is 1. The van der Waals surface area contributed by atoms with Crippen molar-refractivity contribution in [1.29, 1.82) is 0 Å². The third-order valence-corrected chi connectivity index (χ3v) is 3.39. The summed E-state index contributed by atoms with van der Waals surface area (Å²) in [7, 11) is 0. The van der Waals surface area contributed by atoms with Crippen LogP contribution < -0.4 is 11.1 Å². The van der Waals surface area contributed by atoms with E-state index in [0.29, 0.717) is 12.6 Å². The number of hydrogen-bond donors (Lipinski definition) is 3. The van der Waals surface area contributed by atoms with E-state index in [2.05, 4.69) is 23.7 Å². The van der Waals surface area contributed by atoms with E-state index in [9.17, 15) is 0 Å². The van der Waals surface area contributed by atoms with E-state index in [-0.39, 0.29) is 12.6 Å². The maximum Gasteiger partial charge on any atom is 0.0541 e. The number of thiophene rings is 1. The summed E-state index contributed by atoms with van der Waals surface area (Å²) in [4.78, 5) is 1.29. The highest BCUT2D eigenvalue weighted by Crippen LogP contribution is 2.18. The van der Waals surface area contributed by atoms with Gasteiger partial charge >= 0.3 is 0 Å². The first-order valence-electron chi connectivity index (χ1n) is 5.38. The Kier molecular flexibility index (Phi) is 5.86. The van der Waals surface area contributed by atoms with Crippen LogP contribution in [0.25, 0.3) is 0 Å². The van der Waals surface area contributed by atoms with Gasteiger partial charge in [0.05, 0.1) is 6.04 Å². The van der Waals surface area contributed by atoms with Crippen LogP contribution in [0, 0.1) is 0 Å². The zero-order chi connectivity index (χ0) is 11.1. The van der Waals surface area contributed by atoms with Gasteiger partial charge in [0.25, 0.3) is 0 Å². The lowest BCUT2D eigenvalue weighted by molar-refractivity contribution is 0.274. The molecule has 15 heavy (non-hydrogen) atoms. The lowest BCUT2D eigenvalue weighted by atomic mass is 10.1. The van der Waals surface area contributed by atoms with E-state index in [1.807, 2.05) is 6.07 Å². The summed E-state index contributed by atoms with van der Waals surface area (Å²) >= 11 is 1.73. The monoisotopic (exact) mass is 228 g/mol. The highest BCUT2D eigenvalue weighted by atomic mass is 32.1. The maximum absolute atomic E-state index is 8.74. The van der Waals surface area contributed by atoms with E-state index >= 15 is 0 Å². The first-order chi connectivity index (χ1) is 7.27. The van der Waals surface area contributed by atoms with Crippen molar-refractivity contribution >= 4 is 11.3 Å². The van der Waals surface area contributed by atoms with Crippen molar-refractivity contribution in [1.82, 2.24) is 5.32 Å². The van der Waals surface area contributed by atoms with Crippen molar-refractivity contribution < 1.29 is 5.11 Å². The Morgan fingerprint density at radius 3 is 2.93 bits per heavy atom. The van der Waals surface area contributed by atoms with Crippen molar-refractivity contribution in [3.63, 3.8) is 0 Å². The smallest absolute Gasteiger partial charge is 0.0541 e. The SMILES string of the molecule is CC(CCCO)NC(CN)c1cccs1. The third kappa shape index (κ3) is 4.30. The summed E-state index contributed by atoms with van der Waals surface area (Å²) in [6, 6.07) is 4.79. The van der Waals surface area contributed by atoms with Gasteiger partial charge in [-0.2, -0.15) is 0 Å². The van der Waals surface area contributed by atoms with Crippen LogP contribution in [0.15, 0.2) is 17.5 Å². The summed E-state index contributed by atoms with van der Waals surface area (Å²) < 4.78 is 0. The van der Waals surface area contributed by atoms with Crippen LogP contribution in [0.2, 0.25) is 0 Å². The standard InChI is InChI=1S/C11H20N2OS/c1-9(4-2-6-14)13-10(8-12)11-5-3-7-15-11/h3,5,7,9-10,13-14H,2,4,6,8,12H2,1H3. The Labute approximate surface area is 95.3 Å². The molecule has 0 fully saturated rings. The van der Waals surface area contributed by atoms with Gasteiger partial charge in [0.1, 0.15) is 0 Å². The van der Waals surface area contributed by atoms with Gasteiger partial charge in [-0.15, -0.1) is 11.3 Å². The van der Waals surface area contributed by atoms with Gasteiger partial charge in [-0.1, -0.05) is 6.07 Å². The zero-order valence-electron chi connectivity index (χ0n) is 9.15. The van der Waals surface area contributed by atoms with Crippen molar-refractivity contribution in [2.24, 2.45) is 5.73 Å². The highest BCUT2D eigenvalue weighted by Gasteiger charge is 2.12. The summed E-state index contributed by atoms with van der Waals surface area (Å²) in [5, 5.41) is 14.3. The van der Waals surface area contributed by atoms with Crippen LogP contribution in [0.4, 0.5) is 0 Å². The van der Waals surface area contributed by atoms with Gasteiger partial charge in [0.2, 0.25) is 0 Å². The summed E-state index contributed by atoms with van der Waals surface area (Å²) in [6.07, 6.45) is 1.83. The van der Waals surface area contributed by atoms with Gasteiger partial charge in [0, 0.05) is 24.1 Å². The van der Waals surface area contributed by atoms with Crippen LogP contribution in [-0.2, 0) is 0 Å². The fourth-order valence-corrected chi connectivity index (χ4v) is 2.38. The quantitative estimate of drug-likeness (QED) is 0.663. The molecule has 0 saturated carbocycles. The summed E-state index contributed by atoms with van der Waals surface area (Å²) in [5.74, 6) is 0. The average molecular weight is 228 g/mol. The molecular weight excluding hydrogens is 208 g/mol. The molecule has 1 aromatic rings. The molecule has 0 aliphatic carbocycles. The molecule has 0 aliphatic rings. The number of nitrogens with two attached hydrogens (primary N) is 1. The van der Waals surface area contributed by atoms with Crippen LogP contribution in [0.3, 0.4) is 0 Å². The third-order valence-electron chi connectivity index (χ3n) is 2.40. The van der Waals surface area contributed by atoms with Crippen molar-refractivity contribution in [2.45, 2.75) is 31.8 Å². The second-order valence-electron chi connectivity index (χ2n) is 3.74. The molecule has 1 aromatic heterocycles. The first-order valence-corrected chi connectivity index (χ1v) is 6.26. The number of hydrogen-bond acceptors (Lipinski definition) is 4. The molecule has 86 valence electrons. The van der Waals surface area contributed by atoms with Crippen LogP contribution >= 0.6 is 11.3 Å². The molecule has 0 amide bonds. The van der Waals surface area contributed by atoms with Crippen molar-refractivity contribution in [3.8, 4) is 0 Å². The second-order valence-corrected chi connectivity index (χ2v) is 4.72. The Morgan fingerprint density at radius 2 is 2.40 bits per heavy atom. The molecule has 0 spiro atoms. The van der Waals surface area contributed by atoms with E-state index in [0.717, 1.165) is 12.8 Å². The minimum absolute atomic E-state index is 0.249. The molecular formula is C11H20N2OS. The fourth-order valence-electron chi connectivity index (χ4n) is 1.58. The summed E-state index contributed by atoms with van der Waals surface area (Å²) in [5.41, 5.74) is 5.74. The van der Waals surface area contributed by atoms with E-state index in [1.54, 1.807) is 11.3 Å². The van der Waals surface area contributed by atoms with Gasteiger partial charge in [-0.3, -0.25) is 0 Å². The predicted octanol–water partition coefficient (Wildman–Crippen LogP) is 1.50. The highest BCUT2D eigenvalue weighted by molar-refractivity contribution is 7.10. The Morgan fingerprint density at radius 1 is 1.60 bits per heavy atom. The largest absolute Gasteiger partial charge is 0.396 e. The first kappa shape index (κ1) is 12.6. The molecule has 0 saturated heterocycles. The van der Waals surface area contributed by atoms with Crippen molar-refractivity contribution in [3.05, 3.63) is 22.4 Å². The Balaban J connectivity index is 2.40. The molecule has 3 nitrogen and oxygen atoms in total. The molecule has 0 radical (unpaired) electrons. The van der Waals surface area contributed by atoms with Gasteiger partial charge in [-0.05, 0) is 31.2 Å². The number of nitrogens with one attached hydrogen (secondary N) is 1. The van der Waals surface area contributed by atoms with Crippen LogP contribution in [0.5, 0.6) is 0 Å². The van der Waals surface area contributed by atoms with Gasteiger partial charge in [0.15, 0.2) is 0 Å². The van der Waals surface area contributed by atoms with E-state index < -0.39 is 0 Å². The molecule has 0 aliphatic heterocycles. The molecule has 2 unspecified atom stereocenters. The molecule has 2 atom stereocenters. The minimum atomic E-state index is 0.249. The van der Waals surface area contributed by atoms with E-state index in [1.165, 1.54) is 4.88 Å². The zero-order valence-corrected chi connectivity index (χ0v) is 9.96. The van der Waals surface area contributed by atoms with E-state index in [4.69, 9.17) is 10.8 Å². The molecule has 0 bridgehead atoms. The topological polar surface area (TPSA) is 58.3 Å². The van der Waals surface area contributed by atoms with Crippen LogP contribution in [0.1, 0.15) is 30.7 Å². The normalized spacial score (nSPS) is 15.1. The van der Waals surface area contributed by atoms with Gasteiger partial charge < -0.3 is 16.2 Å². The van der Waals surface area contributed by atoms with Crippen molar-refractivity contribution in [2.75, 3.05) is 13.2 Å². The predicted molar refractivity (Wildman–Crippen MR) is 65.0 cm³/mol. The summed E-state index contributed by atoms with van der Waals surface area (Å²) in [6.45, 7) is 3.01. The molecule has 4 N–H and O–H groups in total. The Bertz CT molecular complexity index is 251. The molecule has 0 aromatic carbocycles. The average Bonchev–Trinajstić information content (AvgIpc) is 2.76. The lowest BCUT2D eigenvalue weighted by Crippen LogP contribution is -2.34. The lowest BCUT2D eigenvalue weighted by Gasteiger charge is -2.21. The minimum Gasteiger partial charge on any atom is -0.396 e. The second kappa shape index (κ2) is 6.95. The molecule has 1 rings (SSSR count). The maximum atomic E-state index is 8.74. The molecule has 4 heteroatoms.